The molecule has 0 atom stereocenters. The van der Waals surface area contributed by atoms with E-state index < -0.39 is 7.42 Å². The van der Waals surface area contributed by atoms with E-state index in [1.165, 1.54) is 154 Å². The van der Waals surface area contributed by atoms with Crippen LogP contribution in [0.1, 0.15) is 154 Å². The van der Waals surface area contributed by atoms with Crippen LogP contribution in [0.25, 0.3) is 0 Å². The maximum atomic E-state index is 5.88. The normalized spacial score (nSPS) is 11.6. The molecule has 0 unspecified atom stereocenters. The lowest BCUT2D eigenvalue weighted by Gasteiger charge is -2.04. The van der Waals surface area contributed by atoms with Crippen molar-refractivity contribution in [2.45, 2.75) is 160 Å². The van der Waals surface area contributed by atoms with Gasteiger partial charge in [0.05, 0.1) is 0 Å². The van der Waals surface area contributed by atoms with Crippen LogP contribution in [0.2, 0.25) is 6.04 Å². The lowest BCUT2D eigenvalue weighted by molar-refractivity contribution is 0.517. The van der Waals surface area contributed by atoms with Crippen molar-refractivity contribution in [2.24, 2.45) is 5.73 Å². The van der Waals surface area contributed by atoms with Crippen LogP contribution in [0.3, 0.4) is 0 Å². The fourth-order valence-electron chi connectivity index (χ4n) is 4.33. The van der Waals surface area contributed by atoms with Crippen molar-refractivity contribution in [3.63, 3.8) is 0 Å². The Morgan fingerprint density at radius 3 is 0.733 bits per heavy atom. The van der Waals surface area contributed by atoms with Gasteiger partial charge in [-0.3, -0.25) is 0 Å². The zero-order valence-electron chi connectivity index (χ0n) is 20.3. The SMILES string of the molecule is NCCCCCCCCCCCCCCCCCCCCCCCCCC[SiH](Cl)Cl. The number of nitrogens with two attached hydrogens (primary N) is 1. The number of rotatable bonds is 26. The maximum absolute atomic E-state index is 5.88. The molecule has 0 aromatic carbocycles. The van der Waals surface area contributed by atoms with E-state index in [1.807, 2.05) is 0 Å². The van der Waals surface area contributed by atoms with Crippen molar-refractivity contribution >= 4 is 29.6 Å². The van der Waals surface area contributed by atoms with E-state index in [1.54, 1.807) is 0 Å². The third kappa shape index (κ3) is 28.8. The van der Waals surface area contributed by atoms with Gasteiger partial charge in [0.2, 0.25) is 7.42 Å². The van der Waals surface area contributed by atoms with Crippen molar-refractivity contribution in [3.05, 3.63) is 0 Å². The molecule has 0 aliphatic carbocycles. The van der Waals surface area contributed by atoms with E-state index >= 15 is 0 Å². The second-order valence-electron chi connectivity index (χ2n) is 9.45. The molecule has 0 aromatic rings. The van der Waals surface area contributed by atoms with E-state index in [0.717, 1.165) is 12.6 Å². The van der Waals surface area contributed by atoms with Gasteiger partial charge in [0, 0.05) is 0 Å². The molecule has 1 nitrogen and oxygen atoms in total. The molecule has 30 heavy (non-hydrogen) atoms. The van der Waals surface area contributed by atoms with E-state index in [-0.39, 0.29) is 0 Å². The topological polar surface area (TPSA) is 26.0 Å². The van der Waals surface area contributed by atoms with Gasteiger partial charge in [-0.1, -0.05) is 148 Å². The largest absolute Gasteiger partial charge is 0.330 e. The Hall–Kier alpha value is 0.757. The van der Waals surface area contributed by atoms with Crippen LogP contribution in [0.15, 0.2) is 0 Å². The molecule has 0 amide bonds. The second kappa shape index (κ2) is 27.8. The van der Waals surface area contributed by atoms with Crippen LogP contribution >= 0.6 is 22.2 Å². The number of unbranched alkanes of at least 4 members (excludes halogenated alkanes) is 23. The van der Waals surface area contributed by atoms with Crippen molar-refractivity contribution < 1.29 is 0 Å². The summed E-state index contributed by atoms with van der Waals surface area (Å²) in [6.07, 6.45) is 34.1. The molecule has 0 rings (SSSR count). The van der Waals surface area contributed by atoms with Crippen molar-refractivity contribution in [1.82, 2.24) is 0 Å². The quantitative estimate of drug-likeness (QED) is 0.0744. The summed E-state index contributed by atoms with van der Waals surface area (Å²) in [4.78, 5) is 0. The van der Waals surface area contributed by atoms with Crippen molar-refractivity contribution in [2.75, 3.05) is 6.54 Å². The Morgan fingerprint density at radius 2 is 0.533 bits per heavy atom. The first-order chi connectivity index (χ1) is 14.8. The Labute approximate surface area is 201 Å². The number of hydrogen-bond donors (Lipinski definition) is 1. The van der Waals surface area contributed by atoms with Gasteiger partial charge in [0.15, 0.2) is 0 Å². The minimum Gasteiger partial charge on any atom is -0.330 e. The van der Waals surface area contributed by atoms with Crippen LogP contribution in [0.5, 0.6) is 0 Å². The first kappa shape index (κ1) is 30.8. The summed E-state index contributed by atoms with van der Waals surface area (Å²) in [6.45, 7) is 0.869. The summed E-state index contributed by atoms with van der Waals surface area (Å²) in [5, 5.41) is 0. The highest BCUT2D eigenvalue weighted by molar-refractivity contribution is 7.33. The Bertz CT molecular complexity index is 303. The van der Waals surface area contributed by atoms with E-state index in [9.17, 15) is 0 Å². The van der Waals surface area contributed by atoms with Gasteiger partial charge in [0.1, 0.15) is 0 Å². The minimum absolute atomic E-state index is 0.869. The molecule has 0 spiro atoms. The van der Waals surface area contributed by atoms with Gasteiger partial charge in [-0.25, -0.2) is 0 Å². The fourth-order valence-corrected chi connectivity index (χ4v) is 5.86. The predicted octanol–water partition coefficient (Wildman–Crippen LogP) is 10.0. The molecule has 0 aliphatic rings. The molecule has 4 heteroatoms. The van der Waals surface area contributed by atoms with Gasteiger partial charge in [-0.05, 0) is 19.0 Å². The van der Waals surface area contributed by atoms with E-state index in [0.29, 0.717) is 0 Å². The van der Waals surface area contributed by atoms with E-state index in [2.05, 4.69) is 0 Å². The van der Waals surface area contributed by atoms with Crippen LogP contribution in [0.4, 0.5) is 0 Å². The lowest BCUT2D eigenvalue weighted by Crippen LogP contribution is -1.97. The summed E-state index contributed by atoms with van der Waals surface area (Å²) in [5.74, 6) is 0. The van der Waals surface area contributed by atoms with Crippen LogP contribution < -0.4 is 5.73 Å². The molecule has 0 radical (unpaired) electrons. The summed E-state index contributed by atoms with van der Waals surface area (Å²) in [5.41, 5.74) is 5.53. The van der Waals surface area contributed by atoms with Crippen LogP contribution in [-0.4, -0.2) is 14.0 Å². The first-order valence-electron chi connectivity index (χ1n) is 13.8. The highest BCUT2D eigenvalue weighted by Gasteiger charge is 2.00. The number of halogens is 2. The molecule has 0 aromatic heterocycles. The van der Waals surface area contributed by atoms with E-state index in [4.69, 9.17) is 27.9 Å². The lowest BCUT2D eigenvalue weighted by atomic mass is 10.0. The molecule has 0 aliphatic heterocycles. The fraction of sp³-hybridized carbons (Fsp3) is 1.00. The third-order valence-electron chi connectivity index (χ3n) is 6.38. The van der Waals surface area contributed by atoms with Crippen molar-refractivity contribution in [3.8, 4) is 0 Å². The maximum Gasteiger partial charge on any atom is 0.237 e. The highest BCUT2D eigenvalue weighted by atomic mass is 35.7. The molecule has 182 valence electrons. The molecule has 0 saturated heterocycles. The Kier molecular flexibility index (Phi) is 28.5. The number of hydrogen-bond acceptors (Lipinski definition) is 1. The average Bonchev–Trinajstić information content (AvgIpc) is 2.73. The zero-order chi connectivity index (χ0) is 22.0. The van der Waals surface area contributed by atoms with Gasteiger partial charge < -0.3 is 5.73 Å². The summed E-state index contributed by atoms with van der Waals surface area (Å²) >= 11 is 11.8. The molecule has 0 heterocycles. The Balaban J connectivity index is 2.99. The molecule has 0 bridgehead atoms. The molecule has 2 N–H and O–H groups in total. The Morgan fingerprint density at radius 1 is 0.333 bits per heavy atom. The second-order valence-corrected chi connectivity index (χ2v) is 14.6. The monoisotopic (exact) mass is 479 g/mol. The highest BCUT2D eigenvalue weighted by Crippen LogP contribution is 2.16. The summed E-state index contributed by atoms with van der Waals surface area (Å²) in [6, 6.07) is 1.10. The van der Waals surface area contributed by atoms with Gasteiger partial charge in [0.25, 0.3) is 0 Å². The van der Waals surface area contributed by atoms with Crippen molar-refractivity contribution in [1.29, 1.82) is 0 Å². The zero-order valence-corrected chi connectivity index (χ0v) is 23.0. The van der Waals surface area contributed by atoms with Crippen LogP contribution in [-0.2, 0) is 0 Å². The summed E-state index contributed by atoms with van der Waals surface area (Å²) in [7, 11) is -1.33. The molecular weight excluding hydrogens is 425 g/mol. The molecule has 0 saturated carbocycles. The van der Waals surface area contributed by atoms with Crippen LogP contribution in [0, 0.1) is 0 Å². The minimum atomic E-state index is -1.33. The van der Waals surface area contributed by atoms with Gasteiger partial charge in [-0.15, -0.1) is 0 Å². The summed E-state index contributed by atoms with van der Waals surface area (Å²) < 4.78 is 0. The standard InChI is InChI=1S/C26H55Cl2NSi/c27-30(28)26-24-22-20-18-16-14-12-10-8-6-4-2-1-3-5-7-9-11-13-15-17-19-21-23-25-29/h30H,1-26,29H2. The first-order valence-corrected chi connectivity index (χ1v) is 18.1. The van der Waals surface area contributed by atoms with Gasteiger partial charge >= 0.3 is 0 Å². The molecular formula is C26H55Cl2NSi. The third-order valence-corrected chi connectivity index (χ3v) is 8.53. The predicted molar refractivity (Wildman–Crippen MR) is 144 cm³/mol. The average molecular weight is 481 g/mol. The smallest absolute Gasteiger partial charge is 0.237 e. The molecule has 0 fully saturated rings. The van der Waals surface area contributed by atoms with Gasteiger partial charge in [-0.2, -0.15) is 22.2 Å².